The lowest BCUT2D eigenvalue weighted by Crippen LogP contribution is -2.35. The molecule has 33 heavy (non-hydrogen) atoms. The van der Waals surface area contributed by atoms with Gasteiger partial charge in [-0.25, -0.2) is 0 Å². The Bertz CT molecular complexity index is 1250. The highest BCUT2D eigenvalue weighted by Gasteiger charge is 2.41. The Morgan fingerprint density at radius 1 is 0.909 bits per heavy atom. The Balaban J connectivity index is 1.60. The maximum atomic E-state index is 13.0. The molecular weight excluding hydrogens is 416 g/mol. The van der Waals surface area contributed by atoms with Gasteiger partial charge in [-0.2, -0.15) is 5.26 Å². The fourth-order valence-corrected chi connectivity index (χ4v) is 3.78. The fourth-order valence-electron chi connectivity index (χ4n) is 3.78. The van der Waals surface area contributed by atoms with Gasteiger partial charge in [-0.1, -0.05) is 60.7 Å². The van der Waals surface area contributed by atoms with Crippen molar-refractivity contribution in [3.63, 3.8) is 0 Å². The topological polar surface area (TPSA) is 87.5 Å². The summed E-state index contributed by atoms with van der Waals surface area (Å²) in [6.07, 6.45) is 3.71. The molecular formula is C27H20N2O4. The molecule has 0 spiro atoms. The van der Waals surface area contributed by atoms with Crippen LogP contribution in [0.1, 0.15) is 55.4 Å². The summed E-state index contributed by atoms with van der Waals surface area (Å²) in [6, 6.07) is 22.5. The first-order valence-electron chi connectivity index (χ1n) is 10.3. The smallest absolute Gasteiger partial charge is 0.307 e. The Kier molecular flexibility index (Phi) is 6.14. The molecule has 1 aliphatic heterocycles. The molecule has 4 rings (SSSR count). The maximum Gasteiger partial charge on any atom is 0.307 e. The summed E-state index contributed by atoms with van der Waals surface area (Å²) in [5.41, 5.74) is 3.78. The quantitative estimate of drug-likeness (QED) is 0.319. The van der Waals surface area contributed by atoms with Gasteiger partial charge in [0.1, 0.15) is 0 Å². The van der Waals surface area contributed by atoms with E-state index >= 15 is 0 Å². The second-order valence-corrected chi connectivity index (χ2v) is 7.56. The molecule has 1 unspecified atom stereocenters. The van der Waals surface area contributed by atoms with Gasteiger partial charge >= 0.3 is 5.97 Å². The zero-order valence-corrected chi connectivity index (χ0v) is 17.9. The van der Waals surface area contributed by atoms with Crippen molar-refractivity contribution in [1.29, 1.82) is 5.26 Å². The summed E-state index contributed by atoms with van der Waals surface area (Å²) < 4.78 is 4.82. The van der Waals surface area contributed by atoms with Crippen LogP contribution in [0, 0.1) is 11.3 Å². The largest absolute Gasteiger partial charge is 0.469 e. The number of hydrogen-bond acceptors (Lipinski definition) is 5. The highest BCUT2D eigenvalue weighted by molar-refractivity contribution is 6.21. The normalized spacial score (nSPS) is 13.6. The van der Waals surface area contributed by atoms with Crippen molar-refractivity contribution in [3.8, 4) is 6.07 Å². The lowest BCUT2D eigenvalue weighted by molar-refractivity contribution is -0.141. The molecule has 0 bridgehead atoms. The van der Waals surface area contributed by atoms with Crippen molar-refractivity contribution in [2.24, 2.45) is 0 Å². The van der Waals surface area contributed by atoms with Crippen LogP contribution in [0.25, 0.3) is 12.2 Å². The minimum atomic E-state index is -0.776. The molecule has 6 heteroatoms. The highest BCUT2D eigenvalue weighted by Crippen LogP contribution is 2.34. The number of ether oxygens (including phenoxy) is 1. The number of amides is 2. The van der Waals surface area contributed by atoms with E-state index in [1.54, 1.807) is 48.5 Å². The number of hydrogen-bond donors (Lipinski definition) is 0. The van der Waals surface area contributed by atoms with E-state index in [9.17, 15) is 14.4 Å². The van der Waals surface area contributed by atoms with Gasteiger partial charge < -0.3 is 4.74 Å². The van der Waals surface area contributed by atoms with Gasteiger partial charge in [0.25, 0.3) is 11.8 Å². The molecule has 0 radical (unpaired) electrons. The summed E-state index contributed by atoms with van der Waals surface area (Å²) in [4.78, 5) is 39.2. The summed E-state index contributed by atoms with van der Waals surface area (Å²) in [6.45, 7) is 0. The average Bonchev–Trinajstić information content (AvgIpc) is 3.11. The molecule has 6 nitrogen and oxygen atoms in total. The van der Waals surface area contributed by atoms with Crippen molar-refractivity contribution in [2.45, 2.75) is 12.5 Å². The maximum absolute atomic E-state index is 13.0. The molecule has 3 aromatic rings. The van der Waals surface area contributed by atoms with Crippen LogP contribution in [0.3, 0.4) is 0 Å². The third-order valence-electron chi connectivity index (χ3n) is 5.55. The molecule has 0 aromatic heterocycles. The van der Waals surface area contributed by atoms with Gasteiger partial charge in [0.05, 0.1) is 42.3 Å². The Morgan fingerprint density at radius 2 is 1.42 bits per heavy atom. The van der Waals surface area contributed by atoms with Gasteiger partial charge in [0, 0.05) is 0 Å². The van der Waals surface area contributed by atoms with Crippen LogP contribution in [0.2, 0.25) is 0 Å². The predicted octanol–water partition coefficient (Wildman–Crippen LogP) is 4.63. The van der Waals surface area contributed by atoms with Crippen molar-refractivity contribution < 1.29 is 19.1 Å². The molecule has 162 valence electrons. The molecule has 3 aromatic carbocycles. The van der Waals surface area contributed by atoms with Crippen LogP contribution in [-0.2, 0) is 9.53 Å². The predicted molar refractivity (Wildman–Crippen MR) is 123 cm³/mol. The first-order valence-corrected chi connectivity index (χ1v) is 10.3. The molecule has 1 heterocycles. The van der Waals surface area contributed by atoms with Gasteiger partial charge in [0.2, 0.25) is 0 Å². The standard InChI is InChI=1S/C27H20N2O4/c1-33-25(30)16-24(29-26(31)22-4-2-3-5-23(22)27(29)32)21-14-12-19(13-15-21)7-6-18-8-10-20(17-28)11-9-18/h2-15,24H,16H2,1H3. The summed E-state index contributed by atoms with van der Waals surface area (Å²) in [5.74, 6) is -1.36. The zero-order valence-electron chi connectivity index (χ0n) is 17.9. The van der Waals surface area contributed by atoms with Gasteiger partial charge in [0.15, 0.2) is 0 Å². The third-order valence-corrected chi connectivity index (χ3v) is 5.55. The van der Waals surface area contributed by atoms with Crippen LogP contribution >= 0.6 is 0 Å². The SMILES string of the molecule is COC(=O)CC(c1ccc(C=Cc2ccc(C#N)cc2)cc1)N1C(=O)c2ccccc2C1=O. The van der Waals surface area contributed by atoms with Crippen molar-refractivity contribution >= 4 is 29.9 Å². The van der Waals surface area contributed by atoms with E-state index in [0.717, 1.165) is 16.0 Å². The number of fused-ring (bicyclic) bond motifs is 1. The zero-order chi connectivity index (χ0) is 23.4. The van der Waals surface area contributed by atoms with E-state index in [-0.39, 0.29) is 6.42 Å². The van der Waals surface area contributed by atoms with E-state index < -0.39 is 23.8 Å². The number of esters is 1. The van der Waals surface area contributed by atoms with E-state index in [1.165, 1.54) is 7.11 Å². The van der Waals surface area contributed by atoms with E-state index in [0.29, 0.717) is 22.3 Å². The van der Waals surface area contributed by atoms with Crippen LogP contribution in [0.4, 0.5) is 0 Å². The second kappa shape index (κ2) is 9.33. The molecule has 0 aliphatic carbocycles. The summed E-state index contributed by atoms with van der Waals surface area (Å²) in [5, 5.41) is 8.90. The second-order valence-electron chi connectivity index (χ2n) is 7.56. The van der Waals surface area contributed by atoms with E-state index in [4.69, 9.17) is 10.00 Å². The number of carbonyl (C=O) groups excluding carboxylic acids is 3. The first kappa shape index (κ1) is 21.7. The van der Waals surface area contributed by atoms with Crippen molar-refractivity contribution in [2.75, 3.05) is 7.11 Å². The Labute approximate surface area is 191 Å². The summed E-state index contributed by atoms with van der Waals surface area (Å²) >= 11 is 0. The van der Waals surface area contributed by atoms with Gasteiger partial charge in [-0.3, -0.25) is 19.3 Å². The number of benzene rings is 3. The monoisotopic (exact) mass is 436 g/mol. The third kappa shape index (κ3) is 4.43. The van der Waals surface area contributed by atoms with Crippen LogP contribution < -0.4 is 0 Å². The molecule has 1 aliphatic rings. The van der Waals surface area contributed by atoms with Crippen LogP contribution in [-0.4, -0.2) is 29.8 Å². The molecule has 0 saturated carbocycles. The lowest BCUT2D eigenvalue weighted by Gasteiger charge is -2.26. The van der Waals surface area contributed by atoms with Crippen LogP contribution in [0.5, 0.6) is 0 Å². The number of methoxy groups -OCH3 is 1. The van der Waals surface area contributed by atoms with Crippen LogP contribution in [0.15, 0.2) is 72.8 Å². The van der Waals surface area contributed by atoms with E-state index in [1.807, 2.05) is 36.4 Å². The lowest BCUT2D eigenvalue weighted by atomic mass is 10.00. The minimum absolute atomic E-state index is 0.137. The number of imide groups is 1. The fraction of sp³-hybridized carbons (Fsp3) is 0.111. The Morgan fingerprint density at radius 3 is 1.91 bits per heavy atom. The molecule has 2 amide bonds. The Hall–Kier alpha value is -4.50. The van der Waals surface area contributed by atoms with Gasteiger partial charge in [-0.15, -0.1) is 0 Å². The van der Waals surface area contributed by atoms with Crippen molar-refractivity contribution in [1.82, 2.24) is 4.90 Å². The number of nitriles is 1. The average molecular weight is 436 g/mol. The minimum Gasteiger partial charge on any atom is -0.469 e. The molecule has 0 saturated heterocycles. The molecule has 0 fully saturated rings. The number of carbonyl (C=O) groups is 3. The molecule has 1 atom stereocenters. The highest BCUT2D eigenvalue weighted by atomic mass is 16.5. The van der Waals surface area contributed by atoms with Crippen molar-refractivity contribution in [3.05, 3.63) is 106 Å². The number of rotatable bonds is 6. The summed E-state index contributed by atoms with van der Waals surface area (Å²) in [7, 11) is 1.28. The number of nitrogens with zero attached hydrogens (tertiary/aromatic N) is 2. The first-order chi connectivity index (χ1) is 16.0. The molecule has 0 N–H and O–H groups in total. The van der Waals surface area contributed by atoms with Gasteiger partial charge in [-0.05, 0) is 41.0 Å². The van der Waals surface area contributed by atoms with E-state index in [2.05, 4.69) is 6.07 Å².